The molecule has 0 unspecified atom stereocenters. The summed E-state index contributed by atoms with van der Waals surface area (Å²) in [4.78, 5) is 2.41. The number of fused-ring (bicyclic) bond motifs is 8. The molecule has 0 bridgehead atoms. The molecule has 2 heteroatoms. The van der Waals surface area contributed by atoms with Crippen LogP contribution >= 0.6 is 11.3 Å². The van der Waals surface area contributed by atoms with Crippen LogP contribution in [0.4, 0.5) is 17.1 Å². The molecular weight excluding hydrogens is 623 g/mol. The van der Waals surface area contributed by atoms with Gasteiger partial charge in [0.15, 0.2) is 0 Å². The highest BCUT2D eigenvalue weighted by Crippen LogP contribution is 2.44. The van der Waals surface area contributed by atoms with Crippen molar-refractivity contribution in [1.29, 1.82) is 0 Å². The minimum absolute atomic E-state index is 1.12. The Labute approximate surface area is 294 Å². The molecule has 0 aliphatic carbocycles. The van der Waals surface area contributed by atoms with Gasteiger partial charge in [-0.05, 0) is 91.5 Å². The highest BCUT2D eigenvalue weighted by molar-refractivity contribution is 7.25. The molecule has 0 aliphatic heterocycles. The summed E-state index contributed by atoms with van der Waals surface area (Å²) in [6, 6.07) is 68.7. The van der Waals surface area contributed by atoms with Crippen LogP contribution in [0.1, 0.15) is 0 Å². The molecule has 10 rings (SSSR count). The van der Waals surface area contributed by atoms with Gasteiger partial charge in [-0.1, -0.05) is 146 Å². The van der Waals surface area contributed by atoms with E-state index in [4.69, 9.17) is 0 Å². The molecule has 0 spiro atoms. The summed E-state index contributed by atoms with van der Waals surface area (Å²) in [5.41, 5.74) is 8.23. The monoisotopic (exact) mass is 653 g/mol. The second kappa shape index (κ2) is 11.7. The first-order chi connectivity index (χ1) is 24.8. The van der Waals surface area contributed by atoms with Crippen LogP contribution in [0.2, 0.25) is 0 Å². The molecule has 1 heterocycles. The number of benzene rings is 9. The Morgan fingerprint density at radius 2 is 0.920 bits per heavy atom. The zero-order chi connectivity index (χ0) is 33.0. The van der Waals surface area contributed by atoms with Crippen LogP contribution in [0, 0.1) is 0 Å². The van der Waals surface area contributed by atoms with Crippen LogP contribution in [0.5, 0.6) is 0 Å². The van der Waals surface area contributed by atoms with E-state index in [1.165, 1.54) is 74.7 Å². The van der Waals surface area contributed by atoms with Gasteiger partial charge in [-0.3, -0.25) is 0 Å². The lowest BCUT2D eigenvalue weighted by Gasteiger charge is -2.28. The SMILES string of the molecule is c1ccc(-c2ccccc2N(c2ccc(-c3ccc4c(ccc5c6ccccc6ccc45)c3)cc2)c2ccc3c(c2)sc2ccccc23)cc1. The van der Waals surface area contributed by atoms with Gasteiger partial charge < -0.3 is 4.90 Å². The first-order valence-corrected chi connectivity index (χ1v) is 17.9. The largest absolute Gasteiger partial charge is 0.310 e. The van der Waals surface area contributed by atoms with E-state index in [1.54, 1.807) is 0 Å². The summed E-state index contributed by atoms with van der Waals surface area (Å²) in [5.74, 6) is 0. The van der Waals surface area contributed by atoms with Crippen molar-refractivity contribution in [2.24, 2.45) is 0 Å². The third-order valence-electron chi connectivity index (χ3n) is 10.1. The van der Waals surface area contributed by atoms with Gasteiger partial charge in [-0.25, -0.2) is 0 Å². The van der Waals surface area contributed by atoms with E-state index in [9.17, 15) is 0 Å². The highest BCUT2D eigenvalue weighted by Gasteiger charge is 2.18. The number of nitrogens with zero attached hydrogens (tertiary/aromatic N) is 1. The maximum atomic E-state index is 2.41. The Morgan fingerprint density at radius 1 is 0.320 bits per heavy atom. The second-order valence-electron chi connectivity index (χ2n) is 12.9. The number of hydrogen-bond acceptors (Lipinski definition) is 2. The molecule has 0 atom stereocenters. The van der Waals surface area contributed by atoms with Crippen molar-refractivity contribution in [2.45, 2.75) is 0 Å². The average molecular weight is 654 g/mol. The van der Waals surface area contributed by atoms with Gasteiger partial charge in [0.2, 0.25) is 0 Å². The van der Waals surface area contributed by atoms with Gasteiger partial charge >= 0.3 is 0 Å². The van der Waals surface area contributed by atoms with Crippen LogP contribution in [0.3, 0.4) is 0 Å². The van der Waals surface area contributed by atoms with Gasteiger partial charge in [0, 0.05) is 37.1 Å². The average Bonchev–Trinajstić information content (AvgIpc) is 3.56. The minimum Gasteiger partial charge on any atom is -0.310 e. The van der Waals surface area contributed by atoms with Crippen LogP contribution in [0.15, 0.2) is 188 Å². The summed E-state index contributed by atoms with van der Waals surface area (Å²) >= 11 is 1.86. The lowest BCUT2D eigenvalue weighted by atomic mass is 9.95. The van der Waals surface area contributed by atoms with Crippen molar-refractivity contribution < 1.29 is 0 Å². The fourth-order valence-corrected chi connectivity index (χ4v) is 8.76. The molecule has 50 heavy (non-hydrogen) atoms. The van der Waals surface area contributed by atoms with E-state index in [-0.39, 0.29) is 0 Å². The van der Waals surface area contributed by atoms with Crippen molar-refractivity contribution in [2.75, 3.05) is 4.90 Å². The molecular formula is C48H31NS. The molecule has 10 aromatic rings. The van der Waals surface area contributed by atoms with Crippen LogP contribution in [0.25, 0.3) is 74.7 Å². The topological polar surface area (TPSA) is 3.24 Å². The summed E-state index contributed by atoms with van der Waals surface area (Å²) in [5, 5.41) is 10.3. The van der Waals surface area contributed by atoms with Crippen molar-refractivity contribution in [3.05, 3.63) is 188 Å². The molecule has 0 radical (unpaired) electrons. The predicted molar refractivity (Wildman–Crippen MR) is 217 cm³/mol. The Hall–Kier alpha value is -6.22. The molecule has 9 aromatic carbocycles. The number of anilines is 3. The molecule has 1 aromatic heterocycles. The minimum atomic E-state index is 1.12. The number of hydrogen-bond donors (Lipinski definition) is 0. The Balaban J connectivity index is 1.09. The van der Waals surface area contributed by atoms with Gasteiger partial charge in [0.05, 0.1) is 5.69 Å². The molecule has 0 fully saturated rings. The smallest absolute Gasteiger partial charge is 0.0540 e. The normalized spacial score (nSPS) is 11.6. The maximum absolute atomic E-state index is 2.41. The first-order valence-electron chi connectivity index (χ1n) is 17.1. The maximum Gasteiger partial charge on any atom is 0.0540 e. The van der Waals surface area contributed by atoms with Crippen LogP contribution in [-0.4, -0.2) is 0 Å². The summed E-state index contributed by atoms with van der Waals surface area (Å²) in [7, 11) is 0. The van der Waals surface area contributed by atoms with Crippen molar-refractivity contribution >= 4 is 80.9 Å². The van der Waals surface area contributed by atoms with E-state index in [0.717, 1.165) is 17.1 Å². The molecule has 1 nitrogen and oxygen atoms in total. The van der Waals surface area contributed by atoms with Gasteiger partial charge in [-0.15, -0.1) is 11.3 Å². The van der Waals surface area contributed by atoms with Crippen molar-refractivity contribution in [1.82, 2.24) is 0 Å². The zero-order valence-corrected chi connectivity index (χ0v) is 28.1. The highest BCUT2D eigenvalue weighted by atomic mass is 32.1. The van der Waals surface area contributed by atoms with Crippen molar-refractivity contribution in [3.8, 4) is 22.3 Å². The third-order valence-corrected chi connectivity index (χ3v) is 11.2. The van der Waals surface area contributed by atoms with E-state index in [0.29, 0.717) is 0 Å². The predicted octanol–water partition coefficient (Wildman–Crippen LogP) is 14.3. The van der Waals surface area contributed by atoms with E-state index < -0.39 is 0 Å². The molecule has 0 saturated carbocycles. The third kappa shape index (κ3) is 4.76. The van der Waals surface area contributed by atoms with Gasteiger partial charge in [0.25, 0.3) is 0 Å². The Bertz CT molecular complexity index is 2870. The fourth-order valence-electron chi connectivity index (χ4n) is 7.62. The zero-order valence-electron chi connectivity index (χ0n) is 27.3. The van der Waals surface area contributed by atoms with Crippen LogP contribution in [-0.2, 0) is 0 Å². The first kappa shape index (κ1) is 28.8. The molecule has 234 valence electrons. The summed E-state index contributed by atoms with van der Waals surface area (Å²) < 4.78 is 2.61. The van der Waals surface area contributed by atoms with Gasteiger partial charge in [0.1, 0.15) is 0 Å². The molecule has 0 N–H and O–H groups in total. The summed E-state index contributed by atoms with van der Waals surface area (Å²) in [6.45, 7) is 0. The molecule has 0 saturated heterocycles. The Kier molecular flexibility index (Phi) is 6.75. The quantitative estimate of drug-likeness (QED) is 0.167. The summed E-state index contributed by atoms with van der Waals surface area (Å²) in [6.07, 6.45) is 0. The number of thiophene rings is 1. The lowest BCUT2D eigenvalue weighted by molar-refractivity contribution is 1.29. The fraction of sp³-hybridized carbons (Fsp3) is 0. The Morgan fingerprint density at radius 3 is 1.78 bits per heavy atom. The van der Waals surface area contributed by atoms with Crippen LogP contribution < -0.4 is 4.90 Å². The van der Waals surface area contributed by atoms with Crippen molar-refractivity contribution in [3.63, 3.8) is 0 Å². The van der Waals surface area contributed by atoms with E-state index >= 15 is 0 Å². The van der Waals surface area contributed by atoms with Gasteiger partial charge in [-0.2, -0.15) is 0 Å². The van der Waals surface area contributed by atoms with E-state index in [2.05, 4.69) is 193 Å². The molecule has 0 aliphatic rings. The second-order valence-corrected chi connectivity index (χ2v) is 14.0. The number of rotatable bonds is 5. The number of para-hydroxylation sites is 1. The lowest BCUT2D eigenvalue weighted by Crippen LogP contribution is -2.11. The molecule has 0 amide bonds. The standard InChI is InChI=1S/C48H31NS/c1-2-10-33(11-3-1)41-14-6-8-16-46(41)49(38-25-29-45-44-15-7-9-17-47(44)50-48(45)31-38)37-23-18-32(19-24-37)35-21-26-40-36(30-35)22-28-42-39-13-5-4-12-34(39)20-27-43(40)42/h1-31H. The van der Waals surface area contributed by atoms with E-state index in [1.807, 2.05) is 11.3 Å².